The maximum atomic E-state index is 13.6. The summed E-state index contributed by atoms with van der Waals surface area (Å²) in [4.78, 5) is 38.2. The Morgan fingerprint density at radius 1 is 1.03 bits per heavy atom. The molecule has 0 heterocycles. The number of nitrogens with two attached hydrogens (primary N) is 1. The Labute approximate surface area is 211 Å². The highest BCUT2D eigenvalue weighted by molar-refractivity contribution is 5.92. The van der Waals surface area contributed by atoms with Crippen LogP contribution in [0.1, 0.15) is 58.9 Å². The van der Waals surface area contributed by atoms with E-state index in [2.05, 4.69) is 12.2 Å². The molecular weight excluding hydrogens is 465 g/mol. The fraction of sp³-hybridized carbons (Fsp3) is 0.519. The fourth-order valence-corrected chi connectivity index (χ4v) is 4.13. The number of benzene rings is 2. The average Bonchev–Trinajstić information content (AvgIpc) is 2.82. The van der Waals surface area contributed by atoms with Crippen LogP contribution in [0.2, 0.25) is 0 Å². The zero-order valence-corrected chi connectivity index (χ0v) is 21.5. The van der Waals surface area contributed by atoms with Crippen LogP contribution in [-0.4, -0.2) is 41.7 Å². The van der Waals surface area contributed by atoms with Gasteiger partial charge in [-0.05, 0) is 46.7 Å². The summed E-state index contributed by atoms with van der Waals surface area (Å²) in [5.41, 5.74) is 7.18. The van der Waals surface area contributed by atoms with Crippen molar-refractivity contribution in [2.24, 2.45) is 17.1 Å². The van der Waals surface area contributed by atoms with Gasteiger partial charge in [-0.15, -0.1) is 0 Å². The first-order chi connectivity index (χ1) is 17.0. The van der Waals surface area contributed by atoms with Gasteiger partial charge in [0.2, 0.25) is 11.8 Å². The molecule has 198 valence electrons. The lowest BCUT2D eigenvalue weighted by molar-refractivity contribution is -0.151. The monoisotopic (exact) mass is 503 g/mol. The van der Waals surface area contributed by atoms with Crippen molar-refractivity contribution >= 4 is 28.5 Å². The topological polar surface area (TPSA) is 131 Å². The van der Waals surface area contributed by atoms with Gasteiger partial charge in [0.25, 0.3) is 5.91 Å². The Kier molecular flexibility index (Phi) is 10.8. The molecule has 3 amide bonds. The molecule has 0 saturated carbocycles. The third-order valence-electron chi connectivity index (χ3n) is 6.13. The Morgan fingerprint density at radius 2 is 1.69 bits per heavy atom. The Balaban J connectivity index is 2.39. The third-order valence-corrected chi connectivity index (χ3v) is 6.13. The van der Waals surface area contributed by atoms with E-state index in [0.29, 0.717) is 17.4 Å². The first-order valence-corrected chi connectivity index (χ1v) is 12.3. The van der Waals surface area contributed by atoms with Crippen molar-refractivity contribution in [3.05, 3.63) is 47.8 Å². The largest absolute Gasteiger partial charge is 0.368 e. The van der Waals surface area contributed by atoms with Crippen LogP contribution in [0.3, 0.4) is 0 Å². The number of carbonyl (C=O) groups excluding carboxylic acids is 3. The van der Waals surface area contributed by atoms with E-state index >= 15 is 0 Å². The summed E-state index contributed by atoms with van der Waals surface area (Å²) in [6.07, 6.45) is 2.38. The van der Waals surface area contributed by atoms with Crippen LogP contribution in [0, 0.1) is 17.2 Å². The number of hydrogen-bond acceptors (Lipinski definition) is 5. The van der Waals surface area contributed by atoms with E-state index < -0.39 is 41.2 Å². The van der Waals surface area contributed by atoms with E-state index in [1.165, 1.54) is 12.1 Å². The van der Waals surface area contributed by atoms with Crippen LogP contribution < -0.4 is 16.5 Å². The van der Waals surface area contributed by atoms with Gasteiger partial charge in [0.15, 0.2) is 0 Å². The molecule has 0 radical (unpaired) electrons. The molecule has 2 aromatic carbocycles. The average molecular weight is 504 g/mol. The molecule has 3 unspecified atom stereocenters. The summed E-state index contributed by atoms with van der Waals surface area (Å²) in [7, 11) is 0. The summed E-state index contributed by atoms with van der Waals surface area (Å²) >= 11 is 0. The summed E-state index contributed by atoms with van der Waals surface area (Å²) in [6, 6.07) is 8.68. The number of carbonyl (C=O) groups is 3. The summed E-state index contributed by atoms with van der Waals surface area (Å²) < 4.78 is 19.4. The molecule has 0 saturated heterocycles. The normalized spacial score (nSPS) is 14.2. The summed E-state index contributed by atoms with van der Waals surface area (Å²) in [5, 5.41) is 13.5. The van der Waals surface area contributed by atoms with Crippen LogP contribution in [0.15, 0.2) is 36.4 Å². The smallest absolute Gasteiger partial charge is 0.273 e. The fourth-order valence-electron chi connectivity index (χ4n) is 4.13. The van der Waals surface area contributed by atoms with E-state index in [-0.39, 0.29) is 18.8 Å². The first-order valence-electron chi connectivity index (χ1n) is 12.3. The Bertz CT molecular complexity index is 1050. The second-order valence-corrected chi connectivity index (χ2v) is 10.2. The van der Waals surface area contributed by atoms with Crippen molar-refractivity contribution < 1.29 is 28.7 Å². The van der Waals surface area contributed by atoms with Gasteiger partial charge < -0.3 is 15.8 Å². The van der Waals surface area contributed by atoms with Crippen molar-refractivity contribution in [1.82, 2.24) is 10.8 Å². The summed E-state index contributed by atoms with van der Waals surface area (Å²) in [6.45, 7) is 7.59. The summed E-state index contributed by atoms with van der Waals surface area (Å²) in [5.74, 6) is -3.60. The molecule has 0 aromatic heterocycles. The van der Waals surface area contributed by atoms with Gasteiger partial charge in [-0.1, -0.05) is 71.2 Å². The lowest BCUT2D eigenvalue weighted by Gasteiger charge is -2.32. The Hall–Kier alpha value is -3.04. The highest BCUT2D eigenvalue weighted by Gasteiger charge is 2.39. The Morgan fingerprint density at radius 3 is 2.31 bits per heavy atom. The number of fused-ring (bicyclic) bond motifs is 1. The molecule has 2 rings (SSSR count). The molecule has 0 aliphatic heterocycles. The quantitative estimate of drug-likeness (QED) is 0.188. The molecule has 8 nitrogen and oxygen atoms in total. The number of rotatable bonds is 13. The van der Waals surface area contributed by atoms with E-state index in [1.807, 2.05) is 0 Å². The molecule has 9 heteroatoms. The molecule has 3 atom stereocenters. The van der Waals surface area contributed by atoms with Crippen molar-refractivity contribution in [2.45, 2.75) is 71.9 Å². The highest BCUT2D eigenvalue weighted by Crippen LogP contribution is 2.24. The maximum absolute atomic E-state index is 13.6. The number of primary amides is 1. The maximum Gasteiger partial charge on any atom is 0.273 e. The van der Waals surface area contributed by atoms with Crippen molar-refractivity contribution in [2.75, 3.05) is 6.61 Å². The van der Waals surface area contributed by atoms with Gasteiger partial charge in [-0.3, -0.25) is 19.6 Å². The zero-order valence-electron chi connectivity index (χ0n) is 21.5. The SMILES string of the molecule is CCCCCCOC(C(=O)NO)C(Cc1ccc2cc(F)ccc2c1)C(=O)NC(C(N)=O)C(C)(C)C. The third kappa shape index (κ3) is 8.27. The molecule has 0 aliphatic rings. The van der Waals surface area contributed by atoms with Crippen LogP contribution in [0.25, 0.3) is 10.8 Å². The molecule has 0 spiro atoms. The lowest BCUT2D eigenvalue weighted by atomic mass is 9.85. The number of ether oxygens (including phenoxy) is 1. The highest BCUT2D eigenvalue weighted by atomic mass is 19.1. The van der Waals surface area contributed by atoms with Gasteiger partial charge in [0.1, 0.15) is 18.0 Å². The van der Waals surface area contributed by atoms with Gasteiger partial charge >= 0.3 is 0 Å². The van der Waals surface area contributed by atoms with Crippen LogP contribution in [0.5, 0.6) is 0 Å². The molecule has 36 heavy (non-hydrogen) atoms. The van der Waals surface area contributed by atoms with Crippen LogP contribution >= 0.6 is 0 Å². The number of unbranched alkanes of at least 4 members (excludes halogenated alkanes) is 3. The first kappa shape index (κ1) is 29.2. The van der Waals surface area contributed by atoms with Gasteiger partial charge in [-0.2, -0.15) is 0 Å². The minimum absolute atomic E-state index is 0.0713. The predicted molar refractivity (Wildman–Crippen MR) is 135 cm³/mol. The lowest BCUT2D eigenvalue weighted by Crippen LogP contribution is -2.56. The molecule has 0 fully saturated rings. The molecular formula is C27H38FN3O5. The van der Waals surface area contributed by atoms with E-state index in [1.54, 1.807) is 50.5 Å². The van der Waals surface area contributed by atoms with E-state index in [4.69, 9.17) is 10.5 Å². The second kappa shape index (κ2) is 13.3. The van der Waals surface area contributed by atoms with E-state index in [9.17, 15) is 24.0 Å². The predicted octanol–water partition coefficient (Wildman–Crippen LogP) is 3.62. The number of amides is 3. The molecule has 0 bridgehead atoms. The van der Waals surface area contributed by atoms with Crippen molar-refractivity contribution in [3.63, 3.8) is 0 Å². The number of hydrogen-bond donors (Lipinski definition) is 4. The standard InChI is InChI=1S/C27H38FN3O5/c1-5-6-7-8-13-36-22(26(34)31-35)21(25(33)30-23(24(29)32)27(2,3)4)15-17-9-10-19-16-20(28)12-11-18(19)14-17/h9-12,14,16,21-23,35H,5-8,13,15H2,1-4H3,(H2,29,32)(H,30,33)(H,31,34). The molecule has 5 N–H and O–H groups in total. The van der Waals surface area contributed by atoms with Crippen molar-refractivity contribution in [3.8, 4) is 0 Å². The van der Waals surface area contributed by atoms with Crippen LogP contribution in [0.4, 0.5) is 4.39 Å². The number of nitrogens with one attached hydrogen (secondary N) is 2. The minimum atomic E-state index is -1.31. The van der Waals surface area contributed by atoms with Gasteiger partial charge in [0.05, 0.1) is 5.92 Å². The molecule has 0 aliphatic carbocycles. The van der Waals surface area contributed by atoms with Gasteiger partial charge in [0, 0.05) is 6.61 Å². The molecule has 2 aromatic rings. The van der Waals surface area contributed by atoms with E-state index in [0.717, 1.165) is 24.6 Å². The number of hydroxylamine groups is 1. The minimum Gasteiger partial charge on any atom is -0.368 e. The number of halogens is 1. The van der Waals surface area contributed by atoms with Crippen molar-refractivity contribution in [1.29, 1.82) is 0 Å². The van der Waals surface area contributed by atoms with Gasteiger partial charge in [-0.25, -0.2) is 9.87 Å². The van der Waals surface area contributed by atoms with Crippen LogP contribution in [-0.2, 0) is 25.5 Å². The second-order valence-electron chi connectivity index (χ2n) is 10.2. The zero-order chi connectivity index (χ0) is 26.9.